The van der Waals surface area contributed by atoms with E-state index in [4.69, 9.17) is 5.73 Å². The Bertz CT molecular complexity index is 451. The van der Waals surface area contributed by atoms with Crippen LogP contribution >= 0.6 is 15.9 Å². The summed E-state index contributed by atoms with van der Waals surface area (Å²) < 4.78 is 24.6. The Labute approximate surface area is 111 Å². The normalized spacial score (nSPS) is 11.6. The molecule has 0 saturated heterocycles. The van der Waals surface area contributed by atoms with Crippen molar-refractivity contribution < 1.29 is 8.42 Å². The van der Waals surface area contributed by atoms with Crippen LogP contribution in [0, 0.1) is 0 Å². The van der Waals surface area contributed by atoms with Gasteiger partial charge in [0.15, 0.2) is 9.84 Å². The Morgan fingerprint density at radius 3 is 2.59 bits per heavy atom. The van der Waals surface area contributed by atoms with Crippen molar-refractivity contribution in [2.75, 3.05) is 11.5 Å². The Morgan fingerprint density at radius 2 is 2.00 bits per heavy atom. The number of nitrogen functional groups attached to an aromatic ring is 1. The van der Waals surface area contributed by atoms with Crippen LogP contribution in [0.15, 0.2) is 22.7 Å². The average molecular weight is 320 g/mol. The maximum Gasteiger partial charge on any atom is 0.154 e. The number of sulfone groups is 1. The van der Waals surface area contributed by atoms with Crippen LogP contribution in [0.5, 0.6) is 0 Å². The molecule has 0 aliphatic rings. The SMILES string of the molecule is CCCCCS(=O)(=O)Cc1c(N)cccc1Br. The molecule has 96 valence electrons. The zero-order chi connectivity index (χ0) is 12.9. The van der Waals surface area contributed by atoms with Gasteiger partial charge in [0.05, 0.1) is 11.5 Å². The predicted molar refractivity (Wildman–Crippen MR) is 75.6 cm³/mol. The minimum absolute atomic E-state index is 0.0178. The van der Waals surface area contributed by atoms with E-state index >= 15 is 0 Å². The van der Waals surface area contributed by atoms with E-state index in [1.165, 1.54) is 0 Å². The molecule has 0 fully saturated rings. The van der Waals surface area contributed by atoms with E-state index in [9.17, 15) is 8.42 Å². The van der Waals surface area contributed by atoms with Gasteiger partial charge in [-0.05, 0) is 18.6 Å². The number of nitrogens with two attached hydrogens (primary N) is 1. The molecule has 3 nitrogen and oxygen atoms in total. The Kier molecular flexibility index (Phi) is 5.46. The fourth-order valence-corrected chi connectivity index (χ4v) is 3.85. The van der Waals surface area contributed by atoms with Gasteiger partial charge in [-0.1, -0.05) is 41.8 Å². The molecule has 0 aliphatic heterocycles. The van der Waals surface area contributed by atoms with Gasteiger partial charge in [0.25, 0.3) is 0 Å². The highest BCUT2D eigenvalue weighted by atomic mass is 79.9. The molecule has 1 rings (SSSR count). The summed E-state index contributed by atoms with van der Waals surface area (Å²) in [6, 6.07) is 5.33. The quantitative estimate of drug-likeness (QED) is 0.647. The Hall–Kier alpha value is -0.550. The fraction of sp³-hybridized carbons (Fsp3) is 0.500. The van der Waals surface area contributed by atoms with Gasteiger partial charge >= 0.3 is 0 Å². The summed E-state index contributed by atoms with van der Waals surface area (Å²) in [5, 5.41) is 0. The van der Waals surface area contributed by atoms with Gasteiger partial charge in [-0.3, -0.25) is 0 Å². The first-order chi connectivity index (χ1) is 7.96. The summed E-state index contributed by atoms with van der Waals surface area (Å²) in [6.07, 6.45) is 2.69. The molecule has 2 N–H and O–H groups in total. The lowest BCUT2D eigenvalue weighted by Crippen LogP contribution is -2.11. The van der Waals surface area contributed by atoms with Crippen LogP contribution in [-0.2, 0) is 15.6 Å². The van der Waals surface area contributed by atoms with Gasteiger partial charge in [0, 0.05) is 15.7 Å². The van der Waals surface area contributed by atoms with Crippen LogP contribution in [0.2, 0.25) is 0 Å². The number of unbranched alkanes of at least 4 members (excludes halogenated alkanes) is 2. The third kappa shape index (κ3) is 4.68. The van der Waals surface area contributed by atoms with E-state index in [-0.39, 0.29) is 11.5 Å². The molecule has 0 saturated carbocycles. The van der Waals surface area contributed by atoms with E-state index in [2.05, 4.69) is 22.9 Å². The molecule has 1 aromatic carbocycles. The molecule has 0 bridgehead atoms. The van der Waals surface area contributed by atoms with Crippen molar-refractivity contribution in [3.8, 4) is 0 Å². The summed E-state index contributed by atoms with van der Waals surface area (Å²) >= 11 is 3.34. The zero-order valence-electron chi connectivity index (χ0n) is 9.95. The molecule has 5 heteroatoms. The molecule has 17 heavy (non-hydrogen) atoms. The van der Waals surface area contributed by atoms with Crippen LogP contribution in [0.3, 0.4) is 0 Å². The highest BCUT2D eigenvalue weighted by Gasteiger charge is 2.15. The van der Waals surface area contributed by atoms with Crippen molar-refractivity contribution in [3.63, 3.8) is 0 Å². The second-order valence-electron chi connectivity index (χ2n) is 4.11. The van der Waals surface area contributed by atoms with Gasteiger partial charge in [0.2, 0.25) is 0 Å². The van der Waals surface area contributed by atoms with Crippen molar-refractivity contribution in [2.45, 2.75) is 31.9 Å². The lowest BCUT2D eigenvalue weighted by Gasteiger charge is -2.09. The van der Waals surface area contributed by atoms with E-state index in [0.717, 1.165) is 23.7 Å². The lowest BCUT2D eigenvalue weighted by molar-refractivity contribution is 0.590. The average Bonchev–Trinajstić information content (AvgIpc) is 2.24. The standard InChI is InChI=1S/C12H18BrNO2S/c1-2-3-4-8-17(15,16)9-10-11(13)6-5-7-12(10)14/h5-7H,2-4,8-9,14H2,1H3. The van der Waals surface area contributed by atoms with E-state index in [1.54, 1.807) is 12.1 Å². The van der Waals surface area contributed by atoms with Crippen molar-refractivity contribution >= 4 is 31.5 Å². The second-order valence-corrected chi connectivity index (χ2v) is 7.15. The zero-order valence-corrected chi connectivity index (χ0v) is 12.4. The fourth-order valence-electron chi connectivity index (χ4n) is 1.59. The molecule has 0 atom stereocenters. The van der Waals surface area contributed by atoms with Crippen LogP contribution < -0.4 is 5.73 Å². The van der Waals surface area contributed by atoms with Crippen LogP contribution in [-0.4, -0.2) is 14.2 Å². The van der Waals surface area contributed by atoms with E-state index in [1.807, 2.05) is 6.07 Å². The summed E-state index contributed by atoms with van der Waals surface area (Å²) in [5.41, 5.74) is 6.99. The van der Waals surface area contributed by atoms with Gasteiger partial charge in [-0.15, -0.1) is 0 Å². The molecule has 0 spiro atoms. The predicted octanol–water partition coefficient (Wildman–Crippen LogP) is 3.14. The van der Waals surface area contributed by atoms with Crippen molar-refractivity contribution in [2.24, 2.45) is 0 Å². The molecule has 0 aromatic heterocycles. The topological polar surface area (TPSA) is 60.2 Å². The van der Waals surface area contributed by atoms with Gasteiger partial charge in [-0.25, -0.2) is 8.42 Å². The number of hydrogen-bond donors (Lipinski definition) is 1. The molecular weight excluding hydrogens is 302 g/mol. The van der Waals surface area contributed by atoms with Gasteiger partial charge < -0.3 is 5.73 Å². The van der Waals surface area contributed by atoms with Crippen LogP contribution in [0.4, 0.5) is 5.69 Å². The minimum atomic E-state index is -3.06. The van der Waals surface area contributed by atoms with E-state index < -0.39 is 9.84 Å². The third-order valence-electron chi connectivity index (χ3n) is 2.58. The molecule has 0 amide bonds. The first kappa shape index (κ1) is 14.5. The summed E-state index contributed by atoms with van der Waals surface area (Å²) in [7, 11) is -3.06. The summed E-state index contributed by atoms with van der Waals surface area (Å²) in [4.78, 5) is 0. The minimum Gasteiger partial charge on any atom is -0.398 e. The van der Waals surface area contributed by atoms with E-state index in [0.29, 0.717) is 11.3 Å². The van der Waals surface area contributed by atoms with Gasteiger partial charge in [0.1, 0.15) is 0 Å². The van der Waals surface area contributed by atoms with Gasteiger partial charge in [-0.2, -0.15) is 0 Å². The smallest absolute Gasteiger partial charge is 0.154 e. The molecule has 0 radical (unpaired) electrons. The number of benzene rings is 1. The molecule has 0 aliphatic carbocycles. The maximum absolute atomic E-state index is 11.9. The second kappa shape index (κ2) is 6.40. The van der Waals surface area contributed by atoms with Crippen LogP contribution in [0.1, 0.15) is 31.7 Å². The van der Waals surface area contributed by atoms with Crippen molar-refractivity contribution in [1.82, 2.24) is 0 Å². The first-order valence-corrected chi connectivity index (χ1v) is 8.31. The molecule has 0 heterocycles. The Morgan fingerprint density at radius 1 is 1.29 bits per heavy atom. The Balaban J connectivity index is 2.76. The first-order valence-electron chi connectivity index (χ1n) is 5.69. The number of halogens is 1. The molecule has 1 aromatic rings. The molecule has 0 unspecified atom stereocenters. The lowest BCUT2D eigenvalue weighted by atomic mass is 10.2. The largest absolute Gasteiger partial charge is 0.398 e. The monoisotopic (exact) mass is 319 g/mol. The number of hydrogen-bond acceptors (Lipinski definition) is 3. The summed E-state index contributed by atoms with van der Waals surface area (Å²) in [6.45, 7) is 2.05. The third-order valence-corrected chi connectivity index (χ3v) is 4.96. The number of anilines is 1. The van der Waals surface area contributed by atoms with Crippen LogP contribution in [0.25, 0.3) is 0 Å². The highest BCUT2D eigenvalue weighted by Crippen LogP contribution is 2.25. The summed E-state index contributed by atoms with van der Waals surface area (Å²) in [5.74, 6) is 0.256. The number of rotatable bonds is 6. The van der Waals surface area contributed by atoms with Crippen molar-refractivity contribution in [1.29, 1.82) is 0 Å². The highest BCUT2D eigenvalue weighted by molar-refractivity contribution is 9.10. The van der Waals surface area contributed by atoms with Crippen molar-refractivity contribution in [3.05, 3.63) is 28.2 Å². The molecular formula is C12H18BrNO2S. The maximum atomic E-state index is 11.9.